The van der Waals surface area contributed by atoms with Crippen LogP contribution >= 0.6 is 0 Å². The lowest BCUT2D eigenvalue weighted by molar-refractivity contribution is -0.122. The van der Waals surface area contributed by atoms with Gasteiger partial charge in [0, 0.05) is 18.1 Å². The number of hydrogen-bond acceptors (Lipinski definition) is 5. The van der Waals surface area contributed by atoms with Crippen LogP contribution in [0.4, 0.5) is 5.69 Å². The average molecular weight is 327 g/mol. The monoisotopic (exact) mass is 327 g/mol. The zero-order valence-corrected chi connectivity index (χ0v) is 13.8. The number of nitrogens with zero attached hydrogens (tertiary/aromatic N) is 1. The summed E-state index contributed by atoms with van der Waals surface area (Å²) in [7, 11) is 1.57. The molecule has 0 radical (unpaired) electrons. The van der Waals surface area contributed by atoms with Crippen LogP contribution in [0.3, 0.4) is 0 Å². The number of fused-ring (bicyclic) bond motifs is 1. The Morgan fingerprint density at radius 2 is 2.17 bits per heavy atom. The Morgan fingerprint density at radius 3 is 2.92 bits per heavy atom. The lowest BCUT2D eigenvalue weighted by Crippen LogP contribution is -2.41. The lowest BCUT2D eigenvalue weighted by atomic mass is 10.0. The van der Waals surface area contributed by atoms with Gasteiger partial charge in [-0.3, -0.25) is 4.79 Å². The number of carbonyl (C=O) groups is 1. The summed E-state index contributed by atoms with van der Waals surface area (Å²) in [5.41, 5.74) is 1.79. The minimum absolute atomic E-state index is 0.0271. The first-order chi connectivity index (χ1) is 11.7. The molecule has 0 spiro atoms. The number of methoxy groups -OCH3 is 1. The Balaban J connectivity index is 1.62. The highest BCUT2D eigenvalue weighted by Gasteiger charge is 2.24. The van der Waals surface area contributed by atoms with Gasteiger partial charge in [-0.15, -0.1) is 0 Å². The fraction of sp³-hybridized carbons (Fsp3) is 0.333. The van der Waals surface area contributed by atoms with Crippen LogP contribution in [0.25, 0.3) is 0 Å². The summed E-state index contributed by atoms with van der Waals surface area (Å²) in [5.74, 6) is 1.32. The number of aromatic nitrogens is 1. The van der Waals surface area contributed by atoms with Gasteiger partial charge in [-0.2, -0.15) is 0 Å². The SMILES string of the molecule is COc1ccc(N[C@@H](C)C(=O)N[C@@H]2CCOc3ccccc32)cn1. The molecule has 2 heterocycles. The van der Waals surface area contributed by atoms with E-state index in [1.165, 1.54) is 0 Å². The highest BCUT2D eigenvalue weighted by Crippen LogP contribution is 2.31. The number of pyridine rings is 1. The van der Waals surface area contributed by atoms with Gasteiger partial charge >= 0.3 is 0 Å². The van der Waals surface area contributed by atoms with E-state index >= 15 is 0 Å². The second-order valence-corrected chi connectivity index (χ2v) is 5.69. The summed E-state index contributed by atoms with van der Waals surface area (Å²) in [6.45, 7) is 2.43. The third kappa shape index (κ3) is 3.59. The zero-order chi connectivity index (χ0) is 16.9. The molecular formula is C18H21N3O3. The van der Waals surface area contributed by atoms with Gasteiger partial charge in [-0.1, -0.05) is 18.2 Å². The van der Waals surface area contributed by atoms with Gasteiger partial charge in [0.1, 0.15) is 11.8 Å². The minimum Gasteiger partial charge on any atom is -0.493 e. The maximum absolute atomic E-state index is 12.5. The molecule has 126 valence electrons. The maximum atomic E-state index is 12.5. The van der Waals surface area contributed by atoms with E-state index in [9.17, 15) is 4.79 Å². The normalized spacial score (nSPS) is 17.2. The highest BCUT2D eigenvalue weighted by molar-refractivity contribution is 5.84. The standard InChI is InChI=1S/C18H21N3O3/c1-12(20-13-7-8-17(23-2)19-11-13)18(22)21-15-9-10-24-16-6-4-3-5-14(15)16/h3-8,11-12,15,20H,9-10H2,1-2H3,(H,21,22)/t12-,15+/m0/s1. The molecule has 1 aromatic heterocycles. The molecule has 0 saturated carbocycles. The van der Waals surface area contributed by atoms with Crippen molar-refractivity contribution in [3.8, 4) is 11.6 Å². The number of nitrogens with one attached hydrogen (secondary N) is 2. The molecular weight excluding hydrogens is 306 g/mol. The maximum Gasteiger partial charge on any atom is 0.242 e. The van der Waals surface area contributed by atoms with Crippen LogP contribution in [0.2, 0.25) is 0 Å². The Hall–Kier alpha value is -2.76. The van der Waals surface area contributed by atoms with Crippen LogP contribution in [-0.4, -0.2) is 30.6 Å². The summed E-state index contributed by atoms with van der Waals surface area (Å²) >= 11 is 0. The van der Waals surface area contributed by atoms with Crippen molar-refractivity contribution in [3.05, 3.63) is 48.2 Å². The van der Waals surface area contributed by atoms with Crippen molar-refractivity contribution in [1.29, 1.82) is 0 Å². The quantitative estimate of drug-likeness (QED) is 0.883. The predicted molar refractivity (Wildman–Crippen MR) is 91.3 cm³/mol. The van der Waals surface area contributed by atoms with Crippen molar-refractivity contribution >= 4 is 11.6 Å². The van der Waals surface area contributed by atoms with E-state index in [1.807, 2.05) is 37.3 Å². The molecule has 3 rings (SSSR count). The highest BCUT2D eigenvalue weighted by atomic mass is 16.5. The topological polar surface area (TPSA) is 72.5 Å². The molecule has 1 aliphatic rings. The van der Waals surface area contributed by atoms with Crippen molar-refractivity contribution in [2.75, 3.05) is 19.0 Å². The summed E-state index contributed by atoms with van der Waals surface area (Å²) < 4.78 is 10.7. The van der Waals surface area contributed by atoms with Gasteiger partial charge in [0.25, 0.3) is 0 Å². The number of carbonyl (C=O) groups excluding carboxylic acids is 1. The first-order valence-corrected chi connectivity index (χ1v) is 7.96. The van der Waals surface area contributed by atoms with Gasteiger partial charge in [-0.05, 0) is 19.1 Å². The predicted octanol–water partition coefficient (Wildman–Crippen LogP) is 2.53. The smallest absolute Gasteiger partial charge is 0.242 e. The van der Waals surface area contributed by atoms with Crippen LogP contribution < -0.4 is 20.1 Å². The molecule has 0 aliphatic carbocycles. The second-order valence-electron chi connectivity index (χ2n) is 5.69. The van der Waals surface area contributed by atoms with Crippen molar-refractivity contribution in [3.63, 3.8) is 0 Å². The van der Waals surface area contributed by atoms with Crippen LogP contribution in [0, 0.1) is 0 Å². The number of ether oxygens (including phenoxy) is 2. The van der Waals surface area contributed by atoms with E-state index < -0.39 is 0 Å². The number of benzene rings is 1. The van der Waals surface area contributed by atoms with Crippen molar-refractivity contribution in [2.24, 2.45) is 0 Å². The molecule has 1 aliphatic heterocycles. The largest absolute Gasteiger partial charge is 0.493 e. The third-order valence-electron chi connectivity index (χ3n) is 4.00. The number of para-hydroxylation sites is 1. The second kappa shape index (κ2) is 7.21. The molecule has 0 unspecified atom stereocenters. The van der Waals surface area contributed by atoms with E-state index in [0.29, 0.717) is 12.5 Å². The van der Waals surface area contributed by atoms with E-state index in [0.717, 1.165) is 23.4 Å². The van der Waals surface area contributed by atoms with Crippen molar-refractivity contribution < 1.29 is 14.3 Å². The van der Waals surface area contributed by atoms with Gasteiger partial charge in [0.05, 0.1) is 31.6 Å². The number of anilines is 1. The Morgan fingerprint density at radius 1 is 1.33 bits per heavy atom. The Kier molecular flexibility index (Phi) is 4.84. The number of rotatable bonds is 5. The summed E-state index contributed by atoms with van der Waals surface area (Å²) in [6.07, 6.45) is 2.41. The lowest BCUT2D eigenvalue weighted by Gasteiger charge is -2.28. The van der Waals surface area contributed by atoms with Crippen LogP contribution in [0.5, 0.6) is 11.6 Å². The molecule has 6 heteroatoms. The molecule has 2 N–H and O–H groups in total. The van der Waals surface area contributed by atoms with E-state index in [1.54, 1.807) is 19.4 Å². The molecule has 24 heavy (non-hydrogen) atoms. The molecule has 0 saturated heterocycles. The third-order valence-corrected chi connectivity index (χ3v) is 4.00. The van der Waals surface area contributed by atoms with Crippen LogP contribution in [0.1, 0.15) is 24.9 Å². The van der Waals surface area contributed by atoms with Crippen LogP contribution in [0.15, 0.2) is 42.6 Å². The molecule has 0 fully saturated rings. The Bertz CT molecular complexity index is 703. The number of hydrogen-bond donors (Lipinski definition) is 2. The van der Waals surface area contributed by atoms with E-state index in [-0.39, 0.29) is 18.0 Å². The summed E-state index contributed by atoms with van der Waals surface area (Å²) in [5, 5.41) is 6.24. The molecule has 1 amide bonds. The fourth-order valence-corrected chi connectivity index (χ4v) is 2.69. The molecule has 0 bridgehead atoms. The first-order valence-electron chi connectivity index (χ1n) is 7.96. The van der Waals surface area contributed by atoms with Gasteiger partial charge in [0.15, 0.2) is 0 Å². The van der Waals surface area contributed by atoms with Crippen LogP contribution in [-0.2, 0) is 4.79 Å². The zero-order valence-electron chi connectivity index (χ0n) is 13.8. The number of amides is 1. The summed E-state index contributed by atoms with van der Waals surface area (Å²) in [4.78, 5) is 16.6. The molecule has 6 nitrogen and oxygen atoms in total. The van der Waals surface area contributed by atoms with Gasteiger partial charge < -0.3 is 20.1 Å². The van der Waals surface area contributed by atoms with Crippen molar-refractivity contribution in [1.82, 2.24) is 10.3 Å². The fourth-order valence-electron chi connectivity index (χ4n) is 2.69. The Labute approximate surface area is 141 Å². The minimum atomic E-state index is -0.379. The average Bonchev–Trinajstić information content (AvgIpc) is 2.62. The summed E-state index contributed by atoms with van der Waals surface area (Å²) in [6, 6.07) is 11.0. The van der Waals surface area contributed by atoms with Gasteiger partial charge in [-0.25, -0.2) is 4.98 Å². The van der Waals surface area contributed by atoms with Gasteiger partial charge in [0.2, 0.25) is 11.8 Å². The van der Waals surface area contributed by atoms with E-state index in [4.69, 9.17) is 9.47 Å². The van der Waals surface area contributed by atoms with E-state index in [2.05, 4.69) is 15.6 Å². The molecule has 2 atom stereocenters. The van der Waals surface area contributed by atoms with Crippen molar-refractivity contribution in [2.45, 2.75) is 25.4 Å². The molecule has 1 aromatic carbocycles. The molecule has 2 aromatic rings. The first kappa shape index (κ1) is 16.1.